The van der Waals surface area contributed by atoms with Gasteiger partial charge in [0.25, 0.3) is 5.91 Å². The Labute approximate surface area is 84.7 Å². The largest absolute Gasteiger partial charge is 0.377 e. The molecule has 3 heteroatoms. The summed E-state index contributed by atoms with van der Waals surface area (Å²) in [6.07, 6.45) is 0. The molecule has 1 N–H and O–H groups in total. The fourth-order valence-electron chi connectivity index (χ4n) is 1.45. The first kappa shape index (κ1) is 10.6. The molecule has 76 valence electrons. The molecule has 0 unspecified atom stereocenters. The number of hydrogen-bond acceptors (Lipinski definition) is 2. The lowest BCUT2D eigenvalue weighted by atomic mass is 10.1. The monoisotopic (exact) mass is 192 g/mol. The van der Waals surface area contributed by atoms with Gasteiger partial charge in [0, 0.05) is 26.8 Å². The Morgan fingerprint density at radius 3 is 2.50 bits per heavy atom. The summed E-state index contributed by atoms with van der Waals surface area (Å²) in [6.45, 7) is 1.94. The first-order chi connectivity index (χ1) is 6.57. The van der Waals surface area contributed by atoms with Crippen molar-refractivity contribution in [2.45, 2.75) is 6.92 Å². The van der Waals surface area contributed by atoms with Gasteiger partial charge in [-0.15, -0.1) is 0 Å². The van der Waals surface area contributed by atoms with Crippen molar-refractivity contribution in [2.24, 2.45) is 0 Å². The number of hydrogen-bond donors (Lipinski definition) is 1. The maximum atomic E-state index is 11.6. The highest BCUT2D eigenvalue weighted by Crippen LogP contribution is 2.21. The first-order valence-electron chi connectivity index (χ1n) is 4.57. The maximum Gasteiger partial charge on any atom is 0.253 e. The van der Waals surface area contributed by atoms with Crippen LogP contribution in [0.2, 0.25) is 0 Å². The summed E-state index contributed by atoms with van der Waals surface area (Å²) in [4.78, 5) is 13.6. The molecule has 0 aliphatic heterocycles. The third-order valence-corrected chi connectivity index (χ3v) is 2.19. The van der Waals surface area contributed by atoms with Crippen LogP contribution in [0.4, 0.5) is 5.69 Å². The van der Waals surface area contributed by atoms with Gasteiger partial charge in [0.2, 0.25) is 0 Å². The molecule has 0 aromatic heterocycles. The van der Waals surface area contributed by atoms with Crippen molar-refractivity contribution in [3.05, 3.63) is 29.3 Å². The van der Waals surface area contributed by atoms with E-state index in [1.165, 1.54) is 0 Å². The van der Waals surface area contributed by atoms with Crippen LogP contribution in [-0.2, 0) is 0 Å². The van der Waals surface area contributed by atoms with E-state index in [1.807, 2.05) is 44.1 Å². The lowest BCUT2D eigenvalue weighted by molar-refractivity contribution is 0.0963. The predicted molar refractivity (Wildman–Crippen MR) is 58.9 cm³/mol. The topological polar surface area (TPSA) is 32.3 Å². The van der Waals surface area contributed by atoms with Gasteiger partial charge in [-0.05, 0) is 18.6 Å². The molecule has 1 aromatic rings. The molecule has 14 heavy (non-hydrogen) atoms. The van der Waals surface area contributed by atoms with Crippen LogP contribution in [0.5, 0.6) is 0 Å². The number of amides is 1. The molecule has 0 atom stereocenters. The van der Waals surface area contributed by atoms with Crippen molar-refractivity contribution in [3.8, 4) is 0 Å². The standard InChI is InChI=1S/C11H16N2O/c1-8-6-5-7-9(13(3)4)10(8)11(14)12-2/h5-7H,1-4H3,(H,12,14). The number of nitrogens with zero attached hydrogens (tertiary/aromatic N) is 1. The molecule has 0 bridgehead atoms. The van der Waals surface area contributed by atoms with E-state index >= 15 is 0 Å². The van der Waals surface area contributed by atoms with E-state index in [4.69, 9.17) is 0 Å². The fourth-order valence-corrected chi connectivity index (χ4v) is 1.45. The molecule has 0 heterocycles. The zero-order valence-corrected chi connectivity index (χ0v) is 9.09. The zero-order chi connectivity index (χ0) is 10.7. The molecular formula is C11H16N2O. The Hall–Kier alpha value is -1.51. The Morgan fingerprint density at radius 1 is 1.36 bits per heavy atom. The first-order valence-corrected chi connectivity index (χ1v) is 4.57. The van der Waals surface area contributed by atoms with Crippen molar-refractivity contribution in [3.63, 3.8) is 0 Å². The quantitative estimate of drug-likeness (QED) is 0.768. The average molecular weight is 192 g/mol. The highest BCUT2D eigenvalue weighted by atomic mass is 16.1. The van der Waals surface area contributed by atoms with Gasteiger partial charge in [0.05, 0.1) is 5.56 Å². The van der Waals surface area contributed by atoms with Gasteiger partial charge in [-0.2, -0.15) is 0 Å². The lowest BCUT2D eigenvalue weighted by Crippen LogP contribution is -2.23. The summed E-state index contributed by atoms with van der Waals surface area (Å²) in [5.41, 5.74) is 2.69. The predicted octanol–water partition coefficient (Wildman–Crippen LogP) is 1.42. The van der Waals surface area contributed by atoms with Crippen LogP contribution in [0.3, 0.4) is 0 Å². The molecule has 0 aliphatic rings. The summed E-state index contributed by atoms with van der Waals surface area (Å²) in [6, 6.07) is 5.84. The molecule has 0 saturated heterocycles. The van der Waals surface area contributed by atoms with Crippen LogP contribution in [0.25, 0.3) is 0 Å². The van der Waals surface area contributed by atoms with Crippen molar-refractivity contribution < 1.29 is 4.79 Å². The summed E-state index contributed by atoms with van der Waals surface area (Å²) in [5.74, 6) is -0.0354. The van der Waals surface area contributed by atoms with E-state index in [0.717, 1.165) is 16.8 Å². The van der Waals surface area contributed by atoms with Crippen molar-refractivity contribution >= 4 is 11.6 Å². The Kier molecular flexibility index (Phi) is 3.12. The van der Waals surface area contributed by atoms with E-state index in [1.54, 1.807) is 7.05 Å². The number of nitrogens with one attached hydrogen (secondary N) is 1. The van der Waals surface area contributed by atoms with Gasteiger partial charge in [-0.25, -0.2) is 0 Å². The zero-order valence-electron chi connectivity index (χ0n) is 9.09. The minimum atomic E-state index is -0.0354. The molecule has 0 radical (unpaired) electrons. The highest BCUT2D eigenvalue weighted by molar-refractivity contribution is 6.01. The van der Waals surface area contributed by atoms with Crippen molar-refractivity contribution in [2.75, 3.05) is 26.0 Å². The number of carbonyl (C=O) groups excluding carboxylic acids is 1. The second kappa shape index (κ2) is 4.13. The third kappa shape index (κ3) is 1.87. The highest BCUT2D eigenvalue weighted by Gasteiger charge is 2.13. The second-order valence-electron chi connectivity index (χ2n) is 3.44. The van der Waals surface area contributed by atoms with Gasteiger partial charge in [0.15, 0.2) is 0 Å². The number of carbonyl (C=O) groups is 1. The van der Waals surface area contributed by atoms with Crippen LogP contribution >= 0.6 is 0 Å². The van der Waals surface area contributed by atoms with Gasteiger partial charge in [-0.1, -0.05) is 12.1 Å². The van der Waals surface area contributed by atoms with Gasteiger partial charge in [-0.3, -0.25) is 4.79 Å². The molecule has 1 amide bonds. The number of anilines is 1. The maximum absolute atomic E-state index is 11.6. The second-order valence-corrected chi connectivity index (χ2v) is 3.44. The van der Waals surface area contributed by atoms with E-state index in [-0.39, 0.29) is 5.91 Å². The molecule has 0 fully saturated rings. The van der Waals surface area contributed by atoms with Gasteiger partial charge in [0.1, 0.15) is 0 Å². The number of aryl methyl sites for hydroxylation is 1. The van der Waals surface area contributed by atoms with E-state index in [0.29, 0.717) is 0 Å². The number of rotatable bonds is 2. The minimum Gasteiger partial charge on any atom is -0.377 e. The van der Waals surface area contributed by atoms with Crippen LogP contribution in [0.15, 0.2) is 18.2 Å². The summed E-state index contributed by atoms with van der Waals surface area (Å²) in [5, 5.41) is 2.65. The molecule has 0 saturated carbocycles. The third-order valence-electron chi connectivity index (χ3n) is 2.19. The van der Waals surface area contributed by atoms with Crippen LogP contribution in [0.1, 0.15) is 15.9 Å². The average Bonchev–Trinajstić information content (AvgIpc) is 2.16. The molecule has 1 aromatic carbocycles. The van der Waals surface area contributed by atoms with Crippen LogP contribution in [-0.4, -0.2) is 27.1 Å². The SMILES string of the molecule is CNC(=O)c1c(C)cccc1N(C)C. The normalized spacial score (nSPS) is 9.71. The molecule has 0 aliphatic carbocycles. The Morgan fingerprint density at radius 2 is 2.00 bits per heavy atom. The molecular weight excluding hydrogens is 176 g/mol. The smallest absolute Gasteiger partial charge is 0.253 e. The summed E-state index contributed by atoms with van der Waals surface area (Å²) < 4.78 is 0. The van der Waals surface area contributed by atoms with E-state index in [2.05, 4.69) is 5.32 Å². The lowest BCUT2D eigenvalue weighted by Gasteiger charge is -2.18. The van der Waals surface area contributed by atoms with Crippen molar-refractivity contribution in [1.82, 2.24) is 5.32 Å². The Bertz CT molecular complexity index is 345. The van der Waals surface area contributed by atoms with Gasteiger partial charge < -0.3 is 10.2 Å². The molecule has 0 spiro atoms. The minimum absolute atomic E-state index is 0.0354. The summed E-state index contributed by atoms with van der Waals surface area (Å²) >= 11 is 0. The van der Waals surface area contributed by atoms with Gasteiger partial charge >= 0.3 is 0 Å². The summed E-state index contributed by atoms with van der Waals surface area (Å²) in [7, 11) is 5.51. The van der Waals surface area contributed by atoms with Crippen molar-refractivity contribution in [1.29, 1.82) is 0 Å². The van der Waals surface area contributed by atoms with E-state index < -0.39 is 0 Å². The van der Waals surface area contributed by atoms with Crippen LogP contribution < -0.4 is 10.2 Å². The molecule has 3 nitrogen and oxygen atoms in total. The number of benzene rings is 1. The Balaban J connectivity index is 3.29. The molecule has 1 rings (SSSR count). The fraction of sp³-hybridized carbons (Fsp3) is 0.364. The van der Waals surface area contributed by atoms with Crippen LogP contribution in [0, 0.1) is 6.92 Å². The van der Waals surface area contributed by atoms with E-state index in [9.17, 15) is 4.79 Å².